The van der Waals surface area contributed by atoms with E-state index in [1.807, 2.05) is 0 Å². The highest BCUT2D eigenvalue weighted by molar-refractivity contribution is 5.88. The molecule has 172 valence electrons. The Labute approximate surface area is 173 Å². The molecule has 5 nitrogen and oxygen atoms in total. The maximum atomic E-state index is 13.7. The van der Waals surface area contributed by atoms with Gasteiger partial charge in [-0.15, -0.1) is 0 Å². The summed E-state index contributed by atoms with van der Waals surface area (Å²) < 4.78 is 91.8. The Morgan fingerprint density at radius 1 is 1.19 bits per heavy atom. The molecule has 1 aromatic rings. The fraction of sp³-hybridized carbons (Fsp3) is 0.579. The second-order valence-corrected chi connectivity index (χ2v) is 7.79. The van der Waals surface area contributed by atoms with Gasteiger partial charge in [0.1, 0.15) is 11.9 Å². The van der Waals surface area contributed by atoms with E-state index in [-0.39, 0.29) is 31.5 Å². The van der Waals surface area contributed by atoms with E-state index in [0.717, 1.165) is 11.0 Å². The van der Waals surface area contributed by atoms with Crippen LogP contribution in [0.1, 0.15) is 36.9 Å². The van der Waals surface area contributed by atoms with Gasteiger partial charge in [-0.3, -0.25) is 4.79 Å². The van der Waals surface area contributed by atoms with Gasteiger partial charge in [0.15, 0.2) is 0 Å². The third kappa shape index (κ3) is 4.87. The van der Waals surface area contributed by atoms with E-state index >= 15 is 0 Å². The highest BCUT2D eigenvalue weighted by Crippen LogP contribution is 2.50. The number of nitrogens with zero attached hydrogens (tertiary/aromatic N) is 1. The van der Waals surface area contributed by atoms with Gasteiger partial charge < -0.3 is 15.5 Å². The lowest BCUT2D eigenvalue weighted by Crippen LogP contribution is -2.59. The van der Waals surface area contributed by atoms with Crippen molar-refractivity contribution in [2.24, 2.45) is 11.8 Å². The maximum Gasteiger partial charge on any atom is 0.419 e. The van der Waals surface area contributed by atoms with E-state index < -0.39 is 59.6 Å². The number of carbonyl (C=O) groups excluding carboxylic acids is 2. The lowest BCUT2D eigenvalue weighted by atomic mass is 9.69. The number of urea groups is 1. The third-order valence-corrected chi connectivity index (χ3v) is 5.80. The fourth-order valence-corrected chi connectivity index (χ4v) is 3.90. The quantitative estimate of drug-likeness (QED) is 0.677. The topological polar surface area (TPSA) is 61.4 Å². The van der Waals surface area contributed by atoms with Crippen molar-refractivity contribution in [1.29, 1.82) is 0 Å². The van der Waals surface area contributed by atoms with Crippen molar-refractivity contribution in [3.63, 3.8) is 0 Å². The molecule has 0 bridgehead atoms. The average molecular weight is 455 g/mol. The monoisotopic (exact) mass is 455 g/mol. The number of rotatable bonds is 3. The van der Waals surface area contributed by atoms with E-state index in [2.05, 4.69) is 10.6 Å². The maximum absolute atomic E-state index is 13.7. The van der Waals surface area contributed by atoms with Crippen LogP contribution < -0.4 is 10.6 Å². The van der Waals surface area contributed by atoms with Gasteiger partial charge in [-0.1, -0.05) is 6.07 Å². The van der Waals surface area contributed by atoms with E-state index in [9.17, 15) is 40.3 Å². The van der Waals surface area contributed by atoms with Gasteiger partial charge in [-0.2, -0.15) is 26.3 Å². The smallest absolute Gasteiger partial charge is 0.353 e. The van der Waals surface area contributed by atoms with Gasteiger partial charge in [0.05, 0.1) is 17.5 Å². The Hall–Kier alpha value is -2.53. The van der Waals surface area contributed by atoms with Crippen LogP contribution >= 0.6 is 0 Å². The molecular weight excluding hydrogens is 435 g/mol. The second-order valence-electron chi connectivity index (χ2n) is 7.79. The Morgan fingerprint density at radius 2 is 1.84 bits per heavy atom. The molecule has 1 heterocycles. The molecule has 2 fully saturated rings. The Bertz CT molecular complexity index is 850. The number of hydrogen-bond donors (Lipinski definition) is 2. The highest BCUT2D eigenvalue weighted by Gasteiger charge is 2.50. The predicted octanol–water partition coefficient (Wildman–Crippen LogP) is 4.00. The van der Waals surface area contributed by atoms with Crippen molar-refractivity contribution in [1.82, 2.24) is 15.5 Å². The number of piperazine rings is 1. The molecule has 12 heteroatoms. The number of carbonyl (C=O) groups is 2. The zero-order valence-corrected chi connectivity index (χ0v) is 16.3. The molecule has 1 saturated carbocycles. The minimum atomic E-state index is -5.01. The van der Waals surface area contributed by atoms with Crippen molar-refractivity contribution < 1.29 is 40.3 Å². The average Bonchev–Trinajstić information content (AvgIpc) is 2.60. The molecule has 3 amide bonds. The van der Waals surface area contributed by atoms with E-state index in [0.29, 0.717) is 12.1 Å². The van der Waals surface area contributed by atoms with Crippen LogP contribution in [0.25, 0.3) is 0 Å². The summed E-state index contributed by atoms with van der Waals surface area (Å²) in [5.41, 5.74) is -1.72. The molecule has 0 aromatic heterocycles. The van der Waals surface area contributed by atoms with Crippen molar-refractivity contribution in [3.05, 3.63) is 35.1 Å². The molecule has 2 atom stereocenters. The molecule has 1 saturated heterocycles. The van der Waals surface area contributed by atoms with Crippen molar-refractivity contribution in [2.75, 3.05) is 13.1 Å². The van der Waals surface area contributed by atoms with Gasteiger partial charge in [0.25, 0.3) is 0 Å². The predicted molar refractivity (Wildman–Crippen MR) is 94.1 cm³/mol. The SMILES string of the molecule is C[C@@H]1C(=O)NCCN1C(=O)N[C@@H](c1ccc(F)c(C(F)(F)F)c1)[C@H]1C[C@H](C(F)(F)F)C1. The minimum Gasteiger partial charge on any atom is -0.353 e. The largest absolute Gasteiger partial charge is 0.419 e. The number of alkyl halides is 6. The van der Waals surface area contributed by atoms with Gasteiger partial charge in [-0.25, -0.2) is 9.18 Å². The molecular formula is C19H20F7N3O2. The van der Waals surface area contributed by atoms with Gasteiger partial charge in [-0.05, 0) is 43.4 Å². The zero-order chi connectivity index (χ0) is 23.1. The van der Waals surface area contributed by atoms with Crippen LogP contribution in [0.3, 0.4) is 0 Å². The molecule has 0 spiro atoms. The first-order valence-corrected chi connectivity index (χ1v) is 9.57. The fourth-order valence-electron chi connectivity index (χ4n) is 3.90. The number of benzene rings is 1. The molecule has 2 aliphatic rings. The summed E-state index contributed by atoms with van der Waals surface area (Å²) in [6, 6.07) is -0.756. The number of halogens is 7. The molecule has 0 radical (unpaired) electrons. The minimum absolute atomic E-state index is 0.124. The summed E-state index contributed by atoms with van der Waals surface area (Å²) in [7, 11) is 0. The van der Waals surface area contributed by atoms with Crippen molar-refractivity contribution in [3.8, 4) is 0 Å². The van der Waals surface area contributed by atoms with Crippen molar-refractivity contribution >= 4 is 11.9 Å². The van der Waals surface area contributed by atoms with Gasteiger partial charge in [0.2, 0.25) is 5.91 Å². The summed E-state index contributed by atoms with van der Waals surface area (Å²) in [5.74, 6) is -4.38. The number of amides is 3. The first-order valence-electron chi connectivity index (χ1n) is 9.57. The summed E-state index contributed by atoms with van der Waals surface area (Å²) in [6.07, 6.45) is -10.2. The van der Waals surface area contributed by atoms with E-state index in [4.69, 9.17) is 0 Å². The summed E-state index contributed by atoms with van der Waals surface area (Å²) >= 11 is 0. The molecule has 2 N–H and O–H groups in total. The Kier molecular flexibility index (Phi) is 6.12. The van der Waals surface area contributed by atoms with Gasteiger partial charge in [0, 0.05) is 13.1 Å². The molecule has 1 aliphatic heterocycles. The second kappa shape index (κ2) is 8.19. The molecule has 3 rings (SSSR count). The highest BCUT2D eigenvalue weighted by atomic mass is 19.4. The number of nitrogens with one attached hydrogen (secondary N) is 2. The molecule has 1 aromatic carbocycles. The standard InChI is InChI=1S/C19H20F7N3O2/c1-9-16(30)27-4-5-29(9)17(31)28-15(11-6-12(7-11)18(21,22)23)10-2-3-14(20)13(8-10)19(24,25)26/h2-3,8-9,11-12,15H,4-7H2,1H3,(H,27,30)(H,28,31)/t9-,11-,12-,15+/m1/s1. The van der Waals surface area contributed by atoms with Crippen LogP contribution in [0.15, 0.2) is 18.2 Å². The molecule has 0 unspecified atom stereocenters. The summed E-state index contributed by atoms with van der Waals surface area (Å²) in [4.78, 5) is 25.7. The Morgan fingerprint density at radius 3 is 2.42 bits per heavy atom. The molecule has 31 heavy (non-hydrogen) atoms. The van der Waals surface area contributed by atoms with Crippen LogP contribution in [0.4, 0.5) is 35.5 Å². The first kappa shape index (κ1) is 23.1. The van der Waals surface area contributed by atoms with Crippen LogP contribution in [0.5, 0.6) is 0 Å². The van der Waals surface area contributed by atoms with Crippen LogP contribution in [-0.2, 0) is 11.0 Å². The lowest BCUT2D eigenvalue weighted by molar-refractivity contribution is -0.206. The third-order valence-electron chi connectivity index (χ3n) is 5.80. The normalized spacial score (nSPS) is 25.5. The Balaban J connectivity index is 1.88. The zero-order valence-electron chi connectivity index (χ0n) is 16.3. The van der Waals surface area contributed by atoms with E-state index in [1.54, 1.807) is 0 Å². The summed E-state index contributed by atoms with van der Waals surface area (Å²) in [6.45, 7) is 1.74. The number of hydrogen-bond acceptors (Lipinski definition) is 2. The molecule has 1 aliphatic carbocycles. The van der Waals surface area contributed by atoms with Gasteiger partial charge >= 0.3 is 18.4 Å². The lowest BCUT2D eigenvalue weighted by Gasteiger charge is -2.43. The van der Waals surface area contributed by atoms with Crippen LogP contribution in [-0.4, -0.2) is 42.1 Å². The van der Waals surface area contributed by atoms with Crippen LogP contribution in [0, 0.1) is 17.7 Å². The van der Waals surface area contributed by atoms with Crippen LogP contribution in [0.2, 0.25) is 0 Å². The summed E-state index contributed by atoms with van der Waals surface area (Å²) in [5, 5.41) is 5.02. The van der Waals surface area contributed by atoms with E-state index in [1.165, 1.54) is 6.92 Å². The van der Waals surface area contributed by atoms with Crippen molar-refractivity contribution in [2.45, 2.75) is 44.2 Å². The first-order chi connectivity index (χ1) is 14.3.